The second kappa shape index (κ2) is 8.11. The lowest BCUT2D eigenvalue weighted by molar-refractivity contribution is -0.121. The SMILES string of the molecule is CCOc1ccccc1C(=O)N1CCC(C(=O)Nc2nccs2)CC1. The average molecular weight is 359 g/mol. The molecule has 0 radical (unpaired) electrons. The number of nitrogens with zero attached hydrogens (tertiary/aromatic N) is 2. The Morgan fingerprint density at radius 2 is 2.08 bits per heavy atom. The summed E-state index contributed by atoms with van der Waals surface area (Å²) in [7, 11) is 0. The number of anilines is 1. The highest BCUT2D eigenvalue weighted by molar-refractivity contribution is 7.13. The van der Waals surface area contributed by atoms with Crippen molar-refractivity contribution in [3.05, 3.63) is 41.4 Å². The summed E-state index contributed by atoms with van der Waals surface area (Å²) in [4.78, 5) is 30.9. The van der Waals surface area contributed by atoms with Crippen molar-refractivity contribution in [1.29, 1.82) is 0 Å². The van der Waals surface area contributed by atoms with Gasteiger partial charge < -0.3 is 15.0 Å². The number of carbonyl (C=O) groups is 2. The van der Waals surface area contributed by atoms with Crippen LogP contribution in [0.5, 0.6) is 5.75 Å². The van der Waals surface area contributed by atoms with Gasteiger partial charge in [-0.05, 0) is 31.9 Å². The van der Waals surface area contributed by atoms with Crippen molar-refractivity contribution in [2.45, 2.75) is 19.8 Å². The smallest absolute Gasteiger partial charge is 0.257 e. The van der Waals surface area contributed by atoms with Crippen molar-refractivity contribution < 1.29 is 14.3 Å². The number of benzene rings is 1. The number of para-hydroxylation sites is 1. The van der Waals surface area contributed by atoms with E-state index in [9.17, 15) is 9.59 Å². The van der Waals surface area contributed by atoms with Gasteiger partial charge in [0.25, 0.3) is 5.91 Å². The first kappa shape index (κ1) is 17.4. The first-order chi connectivity index (χ1) is 12.2. The van der Waals surface area contributed by atoms with Crippen molar-refractivity contribution in [2.24, 2.45) is 5.92 Å². The molecule has 1 aliphatic rings. The highest BCUT2D eigenvalue weighted by Crippen LogP contribution is 2.25. The maximum Gasteiger partial charge on any atom is 0.257 e. The van der Waals surface area contributed by atoms with Gasteiger partial charge in [-0.1, -0.05) is 12.1 Å². The number of amides is 2. The Bertz CT molecular complexity index is 725. The molecule has 6 nitrogen and oxygen atoms in total. The number of likely N-dealkylation sites (tertiary alicyclic amines) is 1. The second-order valence-electron chi connectivity index (χ2n) is 5.82. The summed E-state index contributed by atoms with van der Waals surface area (Å²) < 4.78 is 5.55. The number of hydrogen-bond donors (Lipinski definition) is 1. The highest BCUT2D eigenvalue weighted by Gasteiger charge is 2.29. The molecular weight excluding hydrogens is 338 g/mol. The topological polar surface area (TPSA) is 71.5 Å². The van der Waals surface area contributed by atoms with Crippen LogP contribution in [0.2, 0.25) is 0 Å². The van der Waals surface area contributed by atoms with E-state index in [0.29, 0.717) is 49.0 Å². The van der Waals surface area contributed by atoms with E-state index in [1.54, 1.807) is 17.2 Å². The van der Waals surface area contributed by atoms with Crippen LogP contribution in [0.25, 0.3) is 0 Å². The maximum atomic E-state index is 12.8. The van der Waals surface area contributed by atoms with Crippen LogP contribution in [-0.2, 0) is 4.79 Å². The molecule has 0 saturated carbocycles. The van der Waals surface area contributed by atoms with Crippen LogP contribution in [0.4, 0.5) is 5.13 Å². The van der Waals surface area contributed by atoms with Crippen molar-refractivity contribution in [1.82, 2.24) is 9.88 Å². The van der Waals surface area contributed by atoms with Crippen molar-refractivity contribution >= 4 is 28.3 Å². The second-order valence-corrected chi connectivity index (χ2v) is 6.72. The van der Waals surface area contributed by atoms with E-state index in [1.165, 1.54) is 11.3 Å². The third-order valence-electron chi connectivity index (χ3n) is 4.23. The Kier molecular flexibility index (Phi) is 5.65. The molecule has 1 fully saturated rings. The zero-order chi connectivity index (χ0) is 17.6. The monoisotopic (exact) mass is 359 g/mol. The molecule has 2 aromatic rings. The molecule has 132 valence electrons. The van der Waals surface area contributed by atoms with E-state index in [2.05, 4.69) is 10.3 Å². The lowest BCUT2D eigenvalue weighted by atomic mass is 9.95. The number of rotatable bonds is 5. The molecule has 2 amide bonds. The maximum absolute atomic E-state index is 12.8. The van der Waals surface area contributed by atoms with E-state index in [-0.39, 0.29) is 17.7 Å². The van der Waals surface area contributed by atoms with E-state index in [1.807, 2.05) is 30.5 Å². The van der Waals surface area contributed by atoms with Gasteiger partial charge in [-0.3, -0.25) is 9.59 Å². The number of aromatic nitrogens is 1. The predicted octanol–water partition coefficient (Wildman–Crippen LogP) is 3.03. The van der Waals surface area contributed by atoms with Gasteiger partial charge >= 0.3 is 0 Å². The minimum absolute atomic E-state index is 0.0169. The van der Waals surface area contributed by atoms with Crippen LogP contribution in [-0.4, -0.2) is 41.4 Å². The van der Waals surface area contributed by atoms with Gasteiger partial charge in [-0.25, -0.2) is 4.98 Å². The average Bonchev–Trinajstić information content (AvgIpc) is 3.15. The van der Waals surface area contributed by atoms with Gasteiger partial charge in [0.15, 0.2) is 5.13 Å². The fourth-order valence-electron chi connectivity index (χ4n) is 2.93. The number of carbonyl (C=O) groups excluding carboxylic acids is 2. The summed E-state index contributed by atoms with van der Waals surface area (Å²) in [6, 6.07) is 7.29. The number of nitrogens with one attached hydrogen (secondary N) is 1. The minimum atomic E-state index is -0.0879. The van der Waals surface area contributed by atoms with Gasteiger partial charge in [0.1, 0.15) is 5.75 Å². The van der Waals surface area contributed by atoms with Gasteiger partial charge in [0, 0.05) is 30.6 Å². The molecule has 1 aliphatic heterocycles. The molecule has 0 spiro atoms. The molecule has 0 aliphatic carbocycles. The van der Waals surface area contributed by atoms with Crippen LogP contribution in [0.1, 0.15) is 30.1 Å². The molecule has 7 heteroatoms. The molecule has 1 N–H and O–H groups in total. The minimum Gasteiger partial charge on any atom is -0.493 e. The Balaban J connectivity index is 1.58. The van der Waals surface area contributed by atoms with Gasteiger partial charge in [-0.2, -0.15) is 0 Å². The largest absolute Gasteiger partial charge is 0.493 e. The summed E-state index contributed by atoms with van der Waals surface area (Å²) in [6.45, 7) is 3.54. The zero-order valence-corrected chi connectivity index (χ0v) is 14.9. The van der Waals surface area contributed by atoms with E-state index in [0.717, 1.165) is 0 Å². The fraction of sp³-hybridized carbons (Fsp3) is 0.389. The molecule has 1 aromatic carbocycles. The molecule has 0 bridgehead atoms. The Labute approximate surface area is 150 Å². The van der Waals surface area contributed by atoms with Crippen molar-refractivity contribution in [3.63, 3.8) is 0 Å². The first-order valence-corrected chi connectivity index (χ1v) is 9.28. The lowest BCUT2D eigenvalue weighted by Gasteiger charge is -2.31. The molecule has 0 atom stereocenters. The van der Waals surface area contributed by atoms with Crippen LogP contribution in [0, 0.1) is 5.92 Å². The molecular formula is C18H21N3O3S. The number of hydrogen-bond acceptors (Lipinski definition) is 5. The predicted molar refractivity (Wildman–Crippen MR) is 97.0 cm³/mol. The number of piperidine rings is 1. The number of thiazole rings is 1. The lowest BCUT2D eigenvalue weighted by Crippen LogP contribution is -2.41. The molecule has 0 unspecified atom stereocenters. The number of ether oxygens (including phenoxy) is 1. The normalized spacial score (nSPS) is 15.0. The Morgan fingerprint density at radius 3 is 2.76 bits per heavy atom. The third kappa shape index (κ3) is 4.17. The molecule has 3 rings (SSSR count). The molecule has 1 saturated heterocycles. The molecule has 25 heavy (non-hydrogen) atoms. The summed E-state index contributed by atoms with van der Waals surface area (Å²) in [5.41, 5.74) is 0.579. The fourth-order valence-corrected chi connectivity index (χ4v) is 3.46. The zero-order valence-electron chi connectivity index (χ0n) is 14.1. The standard InChI is InChI=1S/C18H21N3O3S/c1-2-24-15-6-4-3-5-14(15)17(23)21-10-7-13(8-11-21)16(22)20-18-19-9-12-25-18/h3-6,9,12-13H,2,7-8,10-11H2,1H3,(H,19,20,22). The van der Waals surface area contributed by atoms with Crippen LogP contribution < -0.4 is 10.1 Å². The van der Waals surface area contributed by atoms with Gasteiger partial charge in [-0.15, -0.1) is 11.3 Å². The summed E-state index contributed by atoms with van der Waals surface area (Å²) in [5.74, 6) is 0.466. The van der Waals surface area contributed by atoms with Gasteiger partial charge in [0.2, 0.25) is 5.91 Å². The van der Waals surface area contributed by atoms with Crippen molar-refractivity contribution in [3.8, 4) is 5.75 Å². The van der Waals surface area contributed by atoms with Crippen LogP contribution in [0.3, 0.4) is 0 Å². The molecule has 2 heterocycles. The first-order valence-electron chi connectivity index (χ1n) is 8.40. The quantitative estimate of drug-likeness (QED) is 0.891. The summed E-state index contributed by atoms with van der Waals surface area (Å²) in [5, 5.41) is 5.28. The third-order valence-corrected chi connectivity index (χ3v) is 4.92. The van der Waals surface area contributed by atoms with E-state index < -0.39 is 0 Å². The van der Waals surface area contributed by atoms with E-state index in [4.69, 9.17) is 4.74 Å². The van der Waals surface area contributed by atoms with Crippen LogP contribution >= 0.6 is 11.3 Å². The summed E-state index contributed by atoms with van der Waals surface area (Å²) >= 11 is 1.40. The van der Waals surface area contributed by atoms with Gasteiger partial charge in [0.05, 0.1) is 12.2 Å². The highest BCUT2D eigenvalue weighted by atomic mass is 32.1. The Hall–Kier alpha value is -2.41. The summed E-state index contributed by atoms with van der Waals surface area (Å²) in [6.07, 6.45) is 2.97. The molecule has 1 aromatic heterocycles. The Morgan fingerprint density at radius 1 is 1.32 bits per heavy atom. The van der Waals surface area contributed by atoms with Crippen LogP contribution in [0.15, 0.2) is 35.8 Å². The van der Waals surface area contributed by atoms with E-state index >= 15 is 0 Å². The van der Waals surface area contributed by atoms with Crippen molar-refractivity contribution in [2.75, 3.05) is 25.0 Å².